The first-order valence-corrected chi connectivity index (χ1v) is 6.26. The van der Waals surface area contributed by atoms with Crippen LogP contribution in [0.2, 0.25) is 1.41 Å². The summed E-state index contributed by atoms with van der Waals surface area (Å²) < 4.78 is 11.9. The highest BCUT2D eigenvalue weighted by Gasteiger charge is 2.36. The summed E-state index contributed by atoms with van der Waals surface area (Å²) in [6.07, 6.45) is -6.83. The molecular formula is C12H23NO7. The van der Waals surface area contributed by atoms with E-state index in [1.807, 2.05) is 19.6 Å². The molecule has 0 bridgehead atoms. The number of aldehydes is 1. The molecule has 20 heavy (non-hydrogen) atoms. The Labute approximate surface area is 118 Å². The van der Waals surface area contributed by atoms with E-state index in [2.05, 4.69) is 0 Å². The van der Waals surface area contributed by atoms with Gasteiger partial charge in [0.05, 0.1) is 6.61 Å². The van der Waals surface area contributed by atoms with Gasteiger partial charge in [-0.15, -0.1) is 0 Å². The van der Waals surface area contributed by atoms with E-state index >= 15 is 0 Å². The third kappa shape index (κ3) is 5.93. The van der Waals surface area contributed by atoms with Crippen LogP contribution in [0.4, 0.5) is 0 Å². The molecule has 0 saturated heterocycles. The molecule has 0 aromatic carbocycles. The number of esters is 1. The van der Waals surface area contributed by atoms with Gasteiger partial charge in [0, 0.05) is 0 Å². The number of hydrogen-bond acceptors (Lipinski definition) is 8. The lowest BCUT2D eigenvalue weighted by Crippen LogP contribution is -2.50. The number of rotatable bonds is 10. The highest BCUT2D eigenvalue weighted by molar-refractivity contribution is 5.76. The van der Waals surface area contributed by atoms with Crippen LogP contribution in [-0.4, -0.2) is 69.7 Å². The Balaban J connectivity index is 4.95. The zero-order valence-electron chi connectivity index (χ0n) is 12.5. The lowest BCUT2D eigenvalue weighted by molar-refractivity contribution is -0.175. The van der Waals surface area contributed by atoms with Gasteiger partial charge in [-0.3, -0.25) is 4.79 Å². The molecular weight excluding hydrogens is 270 g/mol. The second-order valence-corrected chi connectivity index (χ2v) is 4.95. The molecule has 0 spiro atoms. The van der Waals surface area contributed by atoms with E-state index in [1.165, 1.54) is 0 Å². The Morgan fingerprint density at radius 2 is 2.00 bits per heavy atom. The first-order valence-electron chi connectivity index (χ1n) is 6.76. The summed E-state index contributed by atoms with van der Waals surface area (Å²) in [7, 11) is 0. The summed E-state index contributed by atoms with van der Waals surface area (Å²) >= 11 is 0. The second-order valence-electron chi connectivity index (χ2n) is 4.95. The van der Waals surface area contributed by atoms with Crippen molar-refractivity contribution >= 4 is 12.3 Å². The summed E-state index contributed by atoms with van der Waals surface area (Å²) in [6, 6.07) is -1.01. The van der Waals surface area contributed by atoms with Gasteiger partial charge in [-0.25, -0.2) is 0 Å². The highest BCUT2D eigenvalue weighted by Crippen LogP contribution is 2.12. The topological polar surface area (TPSA) is 150 Å². The van der Waals surface area contributed by atoms with E-state index in [0.29, 0.717) is 0 Å². The fourth-order valence-electron chi connectivity index (χ4n) is 1.53. The number of hydrogen-bond donors (Lipinski definition) is 5. The Morgan fingerprint density at radius 1 is 1.40 bits per heavy atom. The lowest BCUT2D eigenvalue weighted by Gasteiger charge is -2.28. The van der Waals surface area contributed by atoms with Crippen molar-refractivity contribution in [1.82, 2.24) is 0 Å². The van der Waals surface area contributed by atoms with Crippen LogP contribution in [0, 0.1) is 5.92 Å². The molecule has 0 heterocycles. The summed E-state index contributed by atoms with van der Waals surface area (Å²) in [4.78, 5) is 22.5. The summed E-state index contributed by atoms with van der Waals surface area (Å²) in [5, 5.41) is 37.2. The van der Waals surface area contributed by atoms with Crippen molar-refractivity contribution in [2.24, 2.45) is 11.6 Å². The molecule has 8 nitrogen and oxygen atoms in total. The van der Waals surface area contributed by atoms with Crippen molar-refractivity contribution in [3.05, 3.63) is 0 Å². The Morgan fingerprint density at radius 3 is 2.40 bits per heavy atom. The molecule has 0 aliphatic heterocycles. The first-order chi connectivity index (χ1) is 9.78. The van der Waals surface area contributed by atoms with Gasteiger partial charge in [-0.2, -0.15) is 0 Å². The fraction of sp³-hybridized carbons (Fsp3) is 0.833. The number of carbonyl (C=O) groups excluding carboxylic acids is 2. The van der Waals surface area contributed by atoms with Crippen LogP contribution in [0.3, 0.4) is 0 Å². The largest absolute Gasteiger partial charge is 0.455 e. The van der Waals surface area contributed by atoms with Gasteiger partial charge in [-0.1, -0.05) is 13.8 Å². The van der Waals surface area contributed by atoms with E-state index in [9.17, 15) is 24.9 Å². The Kier molecular flexibility index (Phi) is 7.63. The maximum absolute atomic E-state index is 11.9. The van der Waals surface area contributed by atoms with Crippen LogP contribution in [-0.2, 0) is 14.3 Å². The van der Waals surface area contributed by atoms with Crippen molar-refractivity contribution in [3.8, 4) is 0 Å². The molecule has 0 rings (SSSR count). The van der Waals surface area contributed by atoms with E-state index in [-0.39, 0.29) is 18.6 Å². The van der Waals surface area contributed by atoms with Crippen molar-refractivity contribution in [3.63, 3.8) is 0 Å². The summed E-state index contributed by atoms with van der Waals surface area (Å²) in [6.45, 7) is 2.80. The molecule has 0 radical (unpaired) electrons. The molecule has 6 N–H and O–H groups in total. The van der Waals surface area contributed by atoms with Gasteiger partial charge in [0.1, 0.15) is 25.8 Å². The van der Waals surface area contributed by atoms with Gasteiger partial charge in [0.2, 0.25) is 0 Å². The number of ether oxygens (including phenoxy) is 1. The predicted octanol–water partition coefficient (Wildman–Crippen LogP) is -2.45. The molecule has 0 fully saturated rings. The van der Waals surface area contributed by atoms with Crippen molar-refractivity contribution < 1.29 is 36.2 Å². The van der Waals surface area contributed by atoms with Gasteiger partial charge in [0.25, 0.3) is 0 Å². The average Bonchev–Trinajstić information content (AvgIpc) is 2.47. The molecule has 0 aliphatic rings. The molecule has 0 aromatic heterocycles. The molecule has 0 aliphatic carbocycles. The van der Waals surface area contributed by atoms with Gasteiger partial charge >= 0.3 is 5.97 Å². The second kappa shape index (κ2) is 8.98. The molecule has 118 valence electrons. The monoisotopic (exact) mass is 294 g/mol. The fourth-order valence-corrected chi connectivity index (χ4v) is 1.53. The van der Waals surface area contributed by atoms with Crippen LogP contribution < -0.4 is 5.73 Å². The maximum Gasteiger partial charge on any atom is 0.323 e. The van der Waals surface area contributed by atoms with Crippen molar-refractivity contribution in [1.29, 1.82) is 0 Å². The number of nitrogens with two attached hydrogens (primary N) is 1. The molecule has 0 aromatic rings. The number of aliphatic hydroxyl groups is 4. The third-order valence-electron chi connectivity index (χ3n) is 2.64. The van der Waals surface area contributed by atoms with Crippen molar-refractivity contribution in [2.75, 3.05) is 6.61 Å². The van der Waals surface area contributed by atoms with Crippen LogP contribution in [0.15, 0.2) is 0 Å². The van der Waals surface area contributed by atoms with E-state index in [4.69, 9.17) is 11.3 Å². The van der Waals surface area contributed by atoms with Crippen LogP contribution >= 0.6 is 0 Å². The minimum atomic E-state index is -1.87. The van der Waals surface area contributed by atoms with Crippen LogP contribution in [0.5, 0.6) is 0 Å². The van der Waals surface area contributed by atoms with E-state index in [0.717, 1.165) is 0 Å². The summed E-state index contributed by atoms with van der Waals surface area (Å²) in [5.41, 5.74) is 1.99. The quantitative estimate of drug-likeness (QED) is 0.220. The molecule has 8 heteroatoms. The van der Waals surface area contributed by atoms with Crippen LogP contribution in [0.25, 0.3) is 0 Å². The zero-order valence-corrected chi connectivity index (χ0v) is 11.5. The molecule has 0 saturated carbocycles. The van der Waals surface area contributed by atoms with E-state index < -0.39 is 43.0 Å². The van der Waals surface area contributed by atoms with Crippen LogP contribution in [0.1, 0.15) is 20.3 Å². The minimum Gasteiger partial charge on any atom is -0.455 e. The first kappa shape index (κ1) is 17.0. The molecule has 5 atom stereocenters. The number of carbonyl (C=O) groups is 2. The Hall–Kier alpha value is -1.06. The van der Waals surface area contributed by atoms with Gasteiger partial charge in [0.15, 0.2) is 12.4 Å². The predicted molar refractivity (Wildman–Crippen MR) is 68.5 cm³/mol. The SMILES string of the molecule is [2H]N[C@@H](CC(C)C)C(=O)O[C@@H]([C@H](O)[C@H](O)CO)[C@@H](O)C=O. The van der Waals surface area contributed by atoms with Gasteiger partial charge in [-0.05, 0) is 12.3 Å². The normalized spacial score (nSPS) is 19.6. The molecule has 0 unspecified atom stereocenters. The third-order valence-corrected chi connectivity index (χ3v) is 2.64. The lowest BCUT2D eigenvalue weighted by atomic mass is 10.0. The van der Waals surface area contributed by atoms with Crippen molar-refractivity contribution in [2.45, 2.75) is 50.7 Å². The highest BCUT2D eigenvalue weighted by atomic mass is 16.6. The number of aliphatic hydroxyl groups excluding tert-OH is 4. The van der Waals surface area contributed by atoms with Gasteiger partial charge < -0.3 is 35.7 Å². The smallest absolute Gasteiger partial charge is 0.323 e. The Bertz CT molecular complexity index is 329. The standard InChI is InChI=1S/C12H23NO7/c1-6(2)3-7(13)12(19)20-11(9(17)5-15)10(18)8(16)4-14/h5-11,14,16-18H,3-4,13H2,1-2H3/t7-,8+,9-,10+,11+/m0/s1/i/hD. The average molecular weight is 294 g/mol. The zero-order chi connectivity index (χ0) is 16.6. The maximum atomic E-state index is 11.9. The minimum absolute atomic E-state index is 0.0385. The molecule has 0 amide bonds. The van der Waals surface area contributed by atoms with E-state index in [1.54, 1.807) is 0 Å². The summed E-state index contributed by atoms with van der Waals surface area (Å²) in [5.74, 6) is -0.878.